The molecule has 0 unspecified atom stereocenters. The molecule has 0 bridgehead atoms. The van der Waals surface area contributed by atoms with E-state index < -0.39 is 0 Å². The van der Waals surface area contributed by atoms with Gasteiger partial charge in [0.2, 0.25) is 0 Å². The predicted octanol–water partition coefficient (Wildman–Crippen LogP) is 11.3. The molecule has 0 nitrogen and oxygen atoms in total. The fraction of sp³-hybridized carbons (Fsp3) is 0. The summed E-state index contributed by atoms with van der Waals surface area (Å²) in [6, 6.07) is 57.6. The van der Waals surface area contributed by atoms with E-state index in [1.54, 1.807) is 0 Å². The van der Waals surface area contributed by atoms with Crippen molar-refractivity contribution < 1.29 is 0 Å². The monoisotopic (exact) mass is 506 g/mol. The maximum Gasteiger partial charge on any atom is -0.00988 e. The molecule has 0 aliphatic rings. The molecule has 0 aliphatic carbocycles. The van der Waals surface area contributed by atoms with Crippen LogP contribution in [0.2, 0.25) is 0 Å². The van der Waals surface area contributed by atoms with Crippen molar-refractivity contribution in [2.75, 3.05) is 0 Å². The fourth-order valence-corrected chi connectivity index (χ4v) is 6.21. The van der Waals surface area contributed by atoms with E-state index in [1.165, 1.54) is 76.5 Å². The third-order valence-corrected chi connectivity index (χ3v) is 8.24. The molecule has 0 saturated carbocycles. The van der Waals surface area contributed by atoms with Gasteiger partial charge in [0.1, 0.15) is 0 Å². The van der Waals surface area contributed by atoms with Crippen LogP contribution in [0, 0.1) is 0 Å². The van der Waals surface area contributed by atoms with Crippen LogP contribution in [0.25, 0.3) is 76.5 Å². The summed E-state index contributed by atoms with van der Waals surface area (Å²) in [5.41, 5.74) is 7.54. The van der Waals surface area contributed by atoms with Crippen LogP contribution in [0.4, 0.5) is 0 Å². The summed E-state index contributed by atoms with van der Waals surface area (Å²) in [6.45, 7) is 0. The van der Waals surface area contributed by atoms with E-state index in [0.29, 0.717) is 0 Å². The normalized spacial score (nSPS) is 11.5. The number of fused-ring (bicyclic) bond motifs is 4. The predicted molar refractivity (Wildman–Crippen MR) is 173 cm³/mol. The summed E-state index contributed by atoms with van der Waals surface area (Å²) in [5, 5.41) is 10.2. The zero-order chi connectivity index (χ0) is 26.5. The molecule has 0 amide bonds. The summed E-state index contributed by atoms with van der Waals surface area (Å²) in [6.07, 6.45) is 0. The molecule has 0 N–H and O–H groups in total. The molecule has 0 aliphatic heterocycles. The van der Waals surface area contributed by atoms with Gasteiger partial charge < -0.3 is 0 Å². The van der Waals surface area contributed by atoms with Crippen molar-refractivity contribution >= 4 is 43.1 Å². The van der Waals surface area contributed by atoms with Gasteiger partial charge in [0.25, 0.3) is 0 Å². The average molecular weight is 507 g/mol. The largest absolute Gasteiger partial charge is 0.0616 e. The van der Waals surface area contributed by atoms with Crippen molar-refractivity contribution in [2.45, 2.75) is 0 Å². The Morgan fingerprint density at radius 3 is 1.48 bits per heavy atom. The molecular formula is C40H26. The first-order chi connectivity index (χ1) is 19.8. The highest BCUT2D eigenvalue weighted by molar-refractivity contribution is 6.11. The second kappa shape index (κ2) is 9.22. The molecule has 0 heteroatoms. The number of hydrogen-bond donors (Lipinski definition) is 0. The minimum absolute atomic E-state index is 1.24. The Hall–Kier alpha value is -5.20. The highest BCUT2D eigenvalue weighted by Crippen LogP contribution is 2.38. The van der Waals surface area contributed by atoms with Gasteiger partial charge in [-0.1, -0.05) is 140 Å². The third-order valence-electron chi connectivity index (χ3n) is 8.24. The van der Waals surface area contributed by atoms with E-state index in [2.05, 4.69) is 158 Å². The van der Waals surface area contributed by atoms with E-state index in [0.717, 1.165) is 0 Å². The van der Waals surface area contributed by atoms with Gasteiger partial charge >= 0.3 is 0 Å². The highest BCUT2D eigenvalue weighted by Gasteiger charge is 2.11. The standard InChI is InChI=1S/C40H26/c1-2-10-31-24-32(23-20-27(31)8-1)28-18-21-30(22-19-28)36-15-6-12-33-26-40-34(25-39(33)36)13-7-17-38(40)37-16-5-11-29-9-3-4-14-35(29)37/h1-26H. The average Bonchev–Trinajstić information content (AvgIpc) is 3.03. The highest BCUT2D eigenvalue weighted by atomic mass is 14.1. The van der Waals surface area contributed by atoms with Crippen LogP contribution in [-0.4, -0.2) is 0 Å². The Morgan fingerprint density at radius 2 is 0.725 bits per heavy atom. The van der Waals surface area contributed by atoms with Gasteiger partial charge in [-0.3, -0.25) is 0 Å². The van der Waals surface area contributed by atoms with Crippen molar-refractivity contribution in [1.29, 1.82) is 0 Å². The number of hydrogen-bond acceptors (Lipinski definition) is 0. The van der Waals surface area contributed by atoms with Gasteiger partial charge in [-0.05, 0) is 94.7 Å². The van der Waals surface area contributed by atoms with Crippen LogP contribution in [-0.2, 0) is 0 Å². The molecule has 8 aromatic carbocycles. The van der Waals surface area contributed by atoms with E-state index in [9.17, 15) is 0 Å². The molecule has 0 radical (unpaired) electrons. The molecular weight excluding hydrogens is 480 g/mol. The molecule has 8 aromatic rings. The molecule has 0 aromatic heterocycles. The summed E-state index contributed by atoms with van der Waals surface area (Å²) >= 11 is 0. The van der Waals surface area contributed by atoms with Gasteiger partial charge in [-0.25, -0.2) is 0 Å². The molecule has 0 fully saturated rings. The second-order valence-corrected chi connectivity index (χ2v) is 10.6. The lowest BCUT2D eigenvalue weighted by Crippen LogP contribution is -1.87. The molecule has 40 heavy (non-hydrogen) atoms. The smallest absolute Gasteiger partial charge is 0.00988 e. The summed E-state index contributed by atoms with van der Waals surface area (Å²) in [7, 11) is 0. The summed E-state index contributed by atoms with van der Waals surface area (Å²) < 4.78 is 0. The van der Waals surface area contributed by atoms with Crippen LogP contribution >= 0.6 is 0 Å². The Morgan fingerprint density at radius 1 is 0.225 bits per heavy atom. The van der Waals surface area contributed by atoms with Crippen LogP contribution in [0.3, 0.4) is 0 Å². The minimum atomic E-state index is 1.24. The Kier molecular flexibility index (Phi) is 5.24. The van der Waals surface area contributed by atoms with Crippen molar-refractivity contribution in [1.82, 2.24) is 0 Å². The summed E-state index contributed by atoms with van der Waals surface area (Å²) in [5.74, 6) is 0. The van der Waals surface area contributed by atoms with E-state index >= 15 is 0 Å². The van der Waals surface area contributed by atoms with Gasteiger partial charge in [-0.15, -0.1) is 0 Å². The topological polar surface area (TPSA) is 0 Å². The second-order valence-electron chi connectivity index (χ2n) is 10.6. The maximum absolute atomic E-state index is 2.37. The first kappa shape index (κ1) is 22.8. The molecule has 0 spiro atoms. The van der Waals surface area contributed by atoms with Crippen molar-refractivity contribution in [3.8, 4) is 33.4 Å². The summed E-state index contributed by atoms with van der Waals surface area (Å²) in [4.78, 5) is 0. The molecule has 0 atom stereocenters. The van der Waals surface area contributed by atoms with E-state index in [-0.39, 0.29) is 0 Å². The zero-order valence-corrected chi connectivity index (χ0v) is 22.0. The molecule has 186 valence electrons. The number of benzene rings is 8. The van der Waals surface area contributed by atoms with Gasteiger partial charge in [0, 0.05) is 0 Å². The Bertz CT molecular complexity index is 2190. The fourth-order valence-electron chi connectivity index (χ4n) is 6.21. The quantitative estimate of drug-likeness (QED) is 0.209. The zero-order valence-electron chi connectivity index (χ0n) is 22.0. The van der Waals surface area contributed by atoms with Crippen LogP contribution < -0.4 is 0 Å². The van der Waals surface area contributed by atoms with E-state index in [4.69, 9.17) is 0 Å². The van der Waals surface area contributed by atoms with Crippen molar-refractivity contribution in [3.05, 3.63) is 158 Å². The Labute approximate surface area is 233 Å². The first-order valence-electron chi connectivity index (χ1n) is 13.9. The lowest BCUT2D eigenvalue weighted by Gasteiger charge is -2.13. The van der Waals surface area contributed by atoms with Gasteiger partial charge in [-0.2, -0.15) is 0 Å². The lowest BCUT2D eigenvalue weighted by atomic mass is 9.90. The first-order valence-corrected chi connectivity index (χ1v) is 13.9. The van der Waals surface area contributed by atoms with Crippen LogP contribution in [0.1, 0.15) is 0 Å². The van der Waals surface area contributed by atoms with Gasteiger partial charge in [0.05, 0.1) is 0 Å². The molecule has 8 rings (SSSR count). The maximum atomic E-state index is 2.37. The van der Waals surface area contributed by atoms with Crippen LogP contribution in [0.5, 0.6) is 0 Å². The van der Waals surface area contributed by atoms with Crippen molar-refractivity contribution in [2.24, 2.45) is 0 Å². The third kappa shape index (κ3) is 3.77. The minimum Gasteiger partial charge on any atom is -0.0616 e. The SMILES string of the molecule is c1ccc2cc(-c3ccc(-c4cccc5cc6c(-c7cccc8ccccc78)cccc6cc45)cc3)ccc2c1. The van der Waals surface area contributed by atoms with E-state index in [1.807, 2.05) is 0 Å². The van der Waals surface area contributed by atoms with Gasteiger partial charge in [0.15, 0.2) is 0 Å². The Balaban J connectivity index is 1.24. The number of rotatable bonds is 3. The van der Waals surface area contributed by atoms with Crippen LogP contribution in [0.15, 0.2) is 158 Å². The lowest BCUT2D eigenvalue weighted by molar-refractivity contribution is 1.62. The van der Waals surface area contributed by atoms with Crippen molar-refractivity contribution in [3.63, 3.8) is 0 Å². The molecule has 0 saturated heterocycles. The molecule has 0 heterocycles.